The number of aliphatic hydroxyl groups is 3. The first-order valence-electron chi connectivity index (χ1n) is 23.2. The molecule has 65 heavy (non-hydrogen) atoms. The second-order valence-electron chi connectivity index (χ2n) is 17.3. The molecule has 3 N–H and O–H groups in total. The third-order valence-corrected chi connectivity index (χ3v) is 13.0. The molecule has 3 aromatic rings. The van der Waals surface area contributed by atoms with Crippen molar-refractivity contribution < 1.29 is 48.6 Å². The van der Waals surface area contributed by atoms with Gasteiger partial charge in [-0.2, -0.15) is 5.26 Å². The largest absolute Gasteiger partial charge is 0.487 e. The summed E-state index contributed by atoms with van der Waals surface area (Å²) in [6.07, 6.45) is 10.7. The van der Waals surface area contributed by atoms with Gasteiger partial charge in [0.1, 0.15) is 24.1 Å². The topological polar surface area (TPSA) is 185 Å². The van der Waals surface area contributed by atoms with Crippen LogP contribution in [0.25, 0.3) is 0 Å². The Hall–Kier alpha value is -5.14. The van der Waals surface area contributed by atoms with E-state index < -0.39 is 24.0 Å². The van der Waals surface area contributed by atoms with Gasteiger partial charge in [0.15, 0.2) is 0 Å². The van der Waals surface area contributed by atoms with Crippen molar-refractivity contribution in [1.82, 2.24) is 9.88 Å². The fraction of sp³-hybridized carbons (Fsp3) is 0.529. The number of fused-ring (bicyclic) bond motifs is 2. The lowest BCUT2D eigenvalue weighted by molar-refractivity contribution is -0.255. The van der Waals surface area contributed by atoms with E-state index >= 15 is 4.79 Å². The second kappa shape index (κ2) is 23.4. The lowest BCUT2D eigenvalue weighted by Gasteiger charge is -2.60. The van der Waals surface area contributed by atoms with Crippen molar-refractivity contribution in [3.05, 3.63) is 113 Å². The van der Waals surface area contributed by atoms with Gasteiger partial charge in [-0.3, -0.25) is 9.78 Å². The van der Waals surface area contributed by atoms with E-state index in [1.54, 1.807) is 35.2 Å². The van der Waals surface area contributed by atoms with Crippen LogP contribution >= 0.6 is 0 Å². The van der Waals surface area contributed by atoms with E-state index in [0.29, 0.717) is 54.2 Å². The van der Waals surface area contributed by atoms with Crippen LogP contribution in [0.1, 0.15) is 103 Å². The first-order valence-corrected chi connectivity index (χ1v) is 23.2. The molecule has 2 aromatic carbocycles. The molecule has 2 fully saturated rings. The number of unbranched alkanes of at least 4 members (excludes halogenated alkanes) is 2. The van der Waals surface area contributed by atoms with Crippen LogP contribution in [-0.4, -0.2) is 108 Å². The number of aromatic nitrogens is 1. The molecule has 7 rings (SSSR count). The monoisotopic (exact) mass is 892 g/mol. The maximum Gasteiger partial charge on any atom is 0.254 e. The smallest absolute Gasteiger partial charge is 0.254 e. The van der Waals surface area contributed by atoms with Gasteiger partial charge in [-0.15, -0.1) is 6.58 Å². The minimum atomic E-state index is -1.50. The van der Waals surface area contributed by atoms with E-state index in [1.165, 1.54) is 0 Å². The molecule has 1 saturated carbocycles. The number of carbonyl (C=O) groups is 1. The molecule has 1 saturated heterocycles. The number of nitrogens with zero attached hydrogens (tertiary/aromatic N) is 4. The van der Waals surface area contributed by atoms with Crippen molar-refractivity contribution in [2.45, 2.75) is 102 Å². The predicted molar refractivity (Wildman–Crippen MR) is 243 cm³/mol. The summed E-state index contributed by atoms with van der Waals surface area (Å²) < 4.78 is 32.8. The minimum Gasteiger partial charge on any atom is -0.487 e. The zero-order valence-electron chi connectivity index (χ0n) is 37.5. The summed E-state index contributed by atoms with van der Waals surface area (Å²) >= 11 is 0. The number of nitriles is 1. The van der Waals surface area contributed by atoms with Crippen LogP contribution in [0.2, 0.25) is 0 Å². The highest BCUT2D eigenvalue weighted by molar-refractivity contribution is 6.03. The predicted octanol–water partition coefficient (Wildman–Crippen LogP) is 7.15. The van der Waals surface area contributed by atoms with Crippen LogP contribution < -0.4 is 9.47 Å². The summed E-state index contributed by atoms with van der Waals surface area (Å²) in [7, 11) is 0. The average molecular weight is 893 g/mol. The summed E-state index contributed by atoms with van der Waals surface area (Å²) in [6.45, 7) is 7.21. The number of aryl methyl sites for hydroxylation is 1. The van der Waals surface area contributed by atoms with Gasteiger partial charge in [0.25, 0.3) is 5.91 Å². The molecule has 14 heteroatoms. The average Bonchev–Trinajstić information content (AvgIpc) is 3.33. The maximum atomic E-state index is 15.1. The van der Waals surface area contributed by atoms with Gasteiger partial charge < -0.3 is 48.7 Å². The Morgan fingerprint density at radius 2 is 1.85 bits per heavy atom. The molecule has 0 spiro atoms. The first-order chi connectivity index (χ1) is 31.8. The molecule has 7 atom stereocenters. The number of amides is 1. The zero-order chi connectivity index (χ0) is 45.6. The van der Waals surface area contributed by atoms with Gasteiger partial charge in [0.05, 0.1) is 62.0 Å². The lowest BCUT2D eigenvalue weighted by Crippen LogP contribution is -2.70. The maximum absolute atomic E-state index is 15.1. The number of oxime groups is 1. The van der Waals surface area contributed by atoms with E-state index in [2.05, 4.69) is 29.8 Å². The molecule has 1 aromatic heterocycles. The van der Waals surface area contributed by atoms with Crippen molar-refractivity contribution in [3.63, 3.8) is 0 Å². The van der Waals surface area contributed by atoms with Gasteiger partial charge in [-0.1, -0.05) is 36.2 Å². The van der Waals surface area contributed by atoms with Gasteiger partial charge in [-0.25, -0.2) is 0 Å². The number of allylic oxidation sites excluding steroid dienone is 1. The van der Waals surface area contributed by atoms with Gasteiger partial charge in [0, 0.05) is 55.3 Å². The third kappa shape index (κ3) is 11.3. The summed E-state index contributed by atoms with van der Waals surface area (Å²) in [6, 6.07) is 19.6. The molecule has 14 nitrogen and oxygen atoms in total. The van der Waals surface area contributed by atoms with Crippen LogP contribution in [0.3, 0.4) is 0 Å². The standard InChI is InChI=1S/C51H64N4O10/c1-3-26-63-51-46(55(22-28-60-29-25-58)50(59)37-18-16-36(33-52)17-19-37)32-44(54-65-47-15-6-9-27-61-47)42-30-38(12-4-7-23-56)41(14-5-8-24-57)48(49(42)51)43-31-40(20-21-45(43)64-51)62-34-39-13-10-11-35(2)53-39/h3,10-11,13,16-21,30-31,38,41,46-49,56-58H,1,4-9,12,14-15,22-29,32,34H2,2H3/t38-,41+,46-,47?,48+,49+,51+/m0/s1. The van der Waals surface area contributed by atoms with Crippen molar-refractivity contribution >= 4 is 11.6 Å². The van der Waals surface area contributed by atoms with Crippen molar-refractivity contribution in [2.24, 2.45) is 22.9 Å². The van der Waals surface area contributed by atoms with E-state index in [0.717, 1.165) is 61.0 Å². The Labute approximate surface area is 382 Å². The second-order valence-corrected chi connectivity index (χ2v) is 17.3. The van der Waals surface area contributed by atoms with Crippen LogP contribution in [0, 0.1) is 36.0 Å². The van der Waals surface area contributed by atoms with Crippen LogP contribution in [0.4, 0.5) is 0 Å². The summed E-state index contributed by atoms with van der Waals surface area (Å²) in [5, 5.41) is 44.2. The molecule has 2 aliphatic heterocycles. The molecular weight excluding hydrogens is 829 g/mol. The van der Waals surface area contributed by atoms with Crippen LogP contribution in [-0.2, 0) is 25.7 Å². The molecule has 2 aliphatic carbocycles. The Kier molecular flexibility index (Phi) is 17.2. The fourth-order valence-corrected chi connectivity index (χ4v) is 10.1. The molecule has 0 bridgehead atoms. The molecule has 348 valence electrons. The molecule has 3 heterocycles. The Balaban J connectivity index is 1.43. The SMILES string of the molecule is C=CCO[C@@]12Oc3ccc(OCc4cccc(C)n4)cc3[C@H]3[C@H](CCCCO)[C@@H](CCCCO)C=C(C(=NOC4CCCCO4)C[C@@H]1N(CCOCCO)C(=O)c1ccc(C#N)cc1)[C@H]32. The normalized spacial score (nSPS) is 25.0. The van der Waals surface area contributed by atoms with Crippen molar-refractivity contribution in [3.8, 4) is 17.6 Å². The molecule has 4 aliphatic rings. The number of benzene rings is 2. The number of rotatable bonds is 23. The van der Waals surface area contributed by atoms with Crippen molar-refractivity contribution in [1.29, 1.82) is 5.26 Å². The van der Waals surface area contributed by atoms with E-state index in [9.17, 15) is 20.6 Å². The lowest BCUT2D eigenvalue weighted by atomic mass is 9.55. The van der Waals surface area contributed by atoms with E-state index in [4.69, 9.17) is 33.7 Å². The van der Waals surface area contributed by atoms with E-state index in [-0.39, 0.29) is 82.9 Å². The van der Waals surface area contributed by atoms with E-state index in [1.807, 2.05) is 37.3 Å². The minimum absolute atomic E-state index is 0.00944. The number of ether oxygens (including phenoxy) is 5. The summed E-state index contributed by atoms with van der Waals surface area (Å²) in [5.41, 5.74) is 4.97. The molecule has 1 amide bonds. The number of carbonyl (C=O) groups excluding carboxylic acids is 1. The fourth-order valence-electron chi connectivity index (χ4n) is 10.1. The molecular formula is C51H64N4O10. The highest BCUT2D eigenvalue weighted by atomic mass is 16.8. The van der Waals surface area contributed by atoms with Gasteiger partial charge in [0.2, 0.25) is 12.1 Å². The quantitative estimate of drug-likeness (QED) is 0.0497. The van der Waals surface area contributed by atoms with Crippen LogP contribution in [0.15, 0.2) is 90.1 Å². The highest BCUT2D eigenvalue weighted by Gasteiger charge is 2.65. The number of hydrogen-bond acceptors (Lipinski definition) is 13. The first kappa shape index (κ1) is 47.8. The molecule has 0 radical (unpaired) electrons. The van der Waals surface area contributed by atoms with Crippen LogP contribution in [0.5, 0.6) is 11.5 Å². The number of aliphatic hydroxyl groups excluding tert-OH is 3. The highest BCUT2D eigenvalue weighted by Crippen LogP contribution is 2.62. The third-order valence-electron chi connectivity index (χ3n) is 13.0. The van der Waals surface area contributed by atoms with Gasteiger partial charge in [-0.05, 0) is 117 Å². The Morgan fingerprint density at radius 3 is 2.57 bits per heavy atom. The van der Waals surface area contributed by atoms with Gasteiger partial charge >= 0.3 is 0 Å². The summed E-state index contributed by atoms with van der Waals surface area (Å²) in [4.78, 5) is 27.8. The Morgan fingerprint density at radius 1 is 1.03 bits per heavy atom. The molecule has 1 unspecified atom stereocenters. The zero-order valence-corrected chi connectivity index (χ0v) is 37.5. The van der Waals surface area contributed by atoms with Crippen molar-refractivity contribution in [2.75, 3.05) is 52.8 Å². The number of pyridine rings is 1. The number of hydrogen-bond donors (Lipinski definition) is 3. The Bertz CT molecular complexity index is 2150. The summed E-state index contributed by atoms with van der Waals surface area (Å²) in [5.74, 6) is -1.34.